The Labute approximate surface area is 376 Å². The Kier molecular flexibility index (Phi) is 14.3. The number of phenolic OH excluding ortho intramolecular Hbond substituents is 2. The van der Waals surface area contributed by atoms with E-state index in [1.165, 1.54) is 65.4 Å². The number of allylic oxidation sites excluding steroid dienone is 2. The van der Waals surface area contributed by atoms with Crippen molar-refractivity contribution < 1.29 is 62.9 Å². The number of anilines is 1. The fourth-order valence-corrected chi connectivity index (χ4v) is 8.07. The number of amides is 1. The number of ether oxygens (including phenoxy) is 5. The molecule has 0 fully saturated rings. The maximum absolute atomic E-state index is 14.7. The van der Waals surface area contributed by atoms with Crippen LogP contribution in [-0.4, -0.2) is 112 Å². The number of aromatic hydroxyl groups is 2. The van der Waals surface area contributed by atoms with E-state index in [4.69, 9.17) is 33.1 Å². The van der Waals surface area contributed by atoms with Crippen LogP contribution in [0.3, 0.4) is 0 Å². The lowest BCUT2D eigenvalue weighted by Crippen LogP contribution is -2.43. The number of hydrogen-bond donors (Lipinski definition) is 5. The molecule has 17 heteroatoms. The third-order valence-corrected chi connectivity index (χ3v) is 12.5. The summed E-state index contributed by atoms with van der Waals surface area (Å²) >= 11 is 0. The lowest BCUT2D eigenvalue weighted by Gasteiger charge is -2.35. The summed E-state index contributed by atoms with van der Waals surface area (Å²) in [6.07, 6.45) is 3.36. The molecule has 0 radical (unpaired) electrons. The van der Waals surface area contributed by atoms with Crippen molar-refractivity contribution in [2.75, 3.05) is 32.6 Å². The molecular formula is C48H59N3O14. The summed E-state index contributed by atoms with van der Waals surface area (Å²) in [6, 6.07) is 3.09. The van der Waals surface area contributed by atoms with Crippen molar-refractivity contribution >= 4 is 45.2 Å². The molecule has 4 aliphatic rings. The van der Waals surface area contributed by atoms with E-state index in [1.54, 1.807) is 32.9 Å². The molecule has 8 atom stereocenters. The first kappa shape index (κ1) is 48.4. The number of benzene rings is 3. The van der Waals surface area contributed by atoms with Gasteiger partial charge in [-0.15, -0.1) is 0 Å². The van der Waals surface area contributed by atoms with Crippen LogP contribution < -0.4 is 20.2 Å². The number of esters is 1. The van der Waals surface area contributed by atoms with Crippen molar-refractivity contribution in [1.82, 2.24) is 9.88 Å². The molecule has 350 valence electrons. The number of ketones is 1. The number of Topliss-reactive ketones (excluding diaryl/α,β-unsaturated/α-hetero) is 1. The zero-order valence-corrected chi connectivity index (χ0v) is 38.5. The molecule has 17 nitrogen and oxygen atoms in total. The Balaban J connectivity index is 1.57. The summed E-state index contributed by atoms with van der Waals surface area (Å²) in [5, 5.41) is 47.7. The largest absolute Gasteiger partial charge is 0.507 e. The predicted molar refractivity (Wildman–Crippen MR) is 241 cm³/mol. The molecule has 3 aliphatic heterocycles. The highest BCUT2D eigenvalue weighted by molar-refractivity contribution is 6.22. The highest BCUT2D eigenvalue weighted by Crippen LogP contribution is 2.51. The first-order valence-electron chi connectivity index (χ1n) is 21.6. The second-order valence-corrected chi connectivity index (χ2v) is 17.5. The molecule has 0 spiro atoms. The molecule has 0 unspecified atom stereocenters. The van der Waals surface area contributed by atoms with Crippen molar-refractivity contribution in [1.29, 1.82) is 0 Å². The molecule has 6 rings (SSSR count). The SMILES string of the molecule is CO[C@H]1/C=C/O[C@@]2(C)Oc3c(C)c(O)c4c(=O)c(c5oc6cc(OCCN(C)C(C)C)cc(O)c6nc-5c4c3C2=O)NC(=O)/C(C)=C\C=C\[C@H](C)[C@H](O)C[C@@H](O)[C@@H](C)[C@H](OC(C)=O)[C@@H]1C. The van der Waals surface area contributed by atoms with Gasteiger partial charge in [-0.25, -0.2) is 4.98 Å². The third-order valence-electron chi connectivity index (χ3n) is 12.5. The van der Waals surface area contributed by atoms with E-state index < -0.39 is 82.5 Å². The van der Waals surface area contributed by atoms with Gasteiger partial charge >= 0.3 is 11.8 Å². The molecular weight excluding hydrogens is 843 g/mol. The van der Waals surface area contributed by atoms with Gasteiger partial charge < -0.3 is 58.7 Å². The van der Waals surface area contributed by atoms with Crippen LogP contribution in [0.15, 0.2) is 57.5 Å². The van der Waals surface area contributed by atoms with E-state index in [-0.39, 0.29) is 86.3 Å². The number of methoxy groups -OCH3 is 1. The highest BCUT2D eigenvalue weighted by atomic mass is 16.7. The second-order valence-electron chi connectivity index (χ2n) is 17.5. The molecule has 1 aliphatic carbocycles. The number of aromatic nitrogens is 1. The molecule has 0 aromatic heterocycles. The monoisotopic (exact) mass is 901 g/mol. The summed E-state index contributed by atoms with van der Waals surface area (Å²) in [4.78, 5) is 62.5. The molecule has 2 aromatic carbocycles. The van der Waals surface area contributed by atoms with Crippen LogP contribution >= 0.6 is 0 Å². The van der Waals surface area contributed by atoms with Gasteiger partial charge in [0.2, 0.25) is 5.43 Å². The molecule has 4 bridgehead atoms. The number of phenols is 2. The van der Waals surface area contributed by atoms with Crippen LogP contribution in [0.1, 0.15) is 77.7 Å². The van der Waals surface area contributed by atoms with Gasteiger partial charge in [-0.3, -0.25) is 19.2 Å². The fourth-order valence-electron chi connectivity index (χ4n) is 8.07. The van der Waals surface area contributed by atoms with E-state index in [0.717, 1.165) is 0 Å². The van der Waals surface area contributed by atoms with Gasteiger partial charge in [0.15, 0.2) is 11.3 Å². The smallest absolute Gasteiger partial charge is 0.312 e. The van der Waals surface area contributed by atoms with Gasteiger partial charge in [0, 0.05) is 86.4 Å². The number of nitrogens with zero attached hydrogens (tertiary/aromatic N) is 2. The van der Waals surface area contributed by atoms with E-state index in [2.05, 4.69) is 10.2 Å². The molecule has 3 heterocycles. The van der Waals surface area contributed by atoms with E-state index in [1.807, 2.05) is 20.9 Å². The molecule has 65 heavy (non-hydrogen) atoms. The van der Waals surface area contributed by atoms with E-state index in [9.17, 15) is 39.6 Å². The third kappa shape index (κ3) is 9.55. The average Bonchev–Trinajstić information content (AvgIpc) is 3.51. The second kappa shape index (κ2) is 19.2. The van der Waals surface area contributed by atoms with E-state index >= 15 is 0 Å². The summed E-state index contributed by atoms with van der Waals surface area (Å²) in [5.41, 5.74) is -1.65. The minimum atomic E-state index is -2.09. The number of nitrogens with one attached hydrogen (secondary N) is 1. The molecule has 1 amide bonds. The lowest BCUT2D eigenvalue weighted by molar-refractivity contribution is -0.158. The zero-order chi connectivity index (χ0) is 47.8. The Morgan fingerprint density at radius 3 is 2.42 bits per heavy atom. The quantitative estimate of drug-likeness (QED) is 0.0797. The Hall–Kier alpha value is -6.01. The van der Waals surface area contributed by atoms with Gasteiger partial charge in [0.05, 0.1) is 35.5 Å². The van der Waals surface area contributed by atoms with Crippen LogP contribution in [0.5, 0.6) is 23.0 Å². The van der Waals surface area contributed by atoms with Crippen molar-refractivity contribution in [3.8, 4) is 34.5 Å². The summed E-state index contributed by atoms with van der Waals surface area (Å²) < 4.78 is 36.0. The van der Waals surface area contributed by atoms with Crippen molar-refractivity contribution in [3.05, 3.63) is 69.6 Å². The lowest BCUT2D eigenvalue weighted by atomic mass is 9.83. The number of rotatable bonds is 7. The molecule has 0 saturated heterocycles. The molecule has 0 saturated carbocycles. The van der Waals surface area contributed by atoms with Gasteiger partial charge in [-0.05, 0) is 40.8 Å². The number of aliphatic hydroxyl groups excluding tert-OH is 2. The van der Waals surface area contributed by atoms with Crippen molar-refractivity contribution in [2.45, 2.75) is 105 Å². The minimum absolute atomic E-state index is 0.0135. The van der Waals surface area contributed by atoms with Gasteiger partial charge in [-0.1, -0.05) is 39.0 Å². The summed E-state index contributed by atoms with van der Waals surface area (Å²) in [7, 11) is 3.37. The number of likely N-dealkylation sites (N-methyl/N-ethyl adjacent to an activating group) is 1. The van der Waals surface area contributed by atoms with Gasteiger partial charge in [-0.2, -0.15) is 0 Å². The minimum Gasteiger partial charge on any atom is -0.507 e. The average molecular weight is 902 g/mol. The molecule has 5 N–H and O–H groups in total. The number of carbonyl (C=O) groups excluding carboxylic acids is 3. The van der Waals surface area contributed by atoms with Crippen molar-refractivity contribution in [3.63, 3.8) is 0 Å². The Bertz CT molecular complexity index is 2620. The van der Waals surface area contributed by atoms with Gasteiger partial charge in [0.1, 0.15) is 52.6 Å². The van der Waals surface area contributed by atoms with Crippen LogP contribution in [0, 0.1) is 24.7 Å². The van der Waals surface area contributed by atoms with Crippen LogP contribution in [0.4, 0.5) is 5.69 Å². The first-order chi connectivity index (χ1) is 30.6. The standard InChI is InChI=1S/C48H59N3O14/c1-22(2)51(10)16-18-61-29-19-32(55)38-34(20-29)64-45-39(49-38)35-36-41(56)27(7)44-37(35)46(58)48(9,65-44)62-17-15-33(60-11)26(6)43(63-28(8)52)25(5)31(54)21-30(53)23(3)13-12-14-24(4)47(59)50-40(45)42(36)57/h12-15,17,19-20,22-23,25-26,30-31,33,43,53-56H,16,18,21H2,1-11H3,(H,50,59)/b13-12+,17-15+,24-14-/t23-,25+,26+,30+,31+,33-,43-,48-/m0/s1. The Morgan fingerprint density at radius 1 is 1.05 bits per heavy atom. The summed E-state index contributed by atoms with van der Waals surface area (Å²) in [5.74, 6) is -7.09. The predicted octanol–water partition coefficient (Wildman–Crippen LogP) is 6.13. The highest BCUT2D eigenvalue weighted by Gasteiger charge is 2.50. The van der Waals surface area contributed by atoms with Crippen LogP contribution in [0.25, 0.3) is 33.3 Å². The number of carbonyl (C=O) groups is 3. The first-order valence-corrected chi connectivity index (χ1v) is 21.6. The Morgan fingerprint density at radius 2 is 1.75 bits per heavy atom. The number of fused-ring (bicyclic) bond motifs is 2. The fraction of sp³-hybridized carbons (Fsp3) is 0.479. The summed E-state index contributed by atoms with van der Waals surface area (Å²) in [6.45, 7) is 15.6. The molecule has 2 aromatic rings. The van der Waals surface area contributed by atoms with Gasteiger partial charge in [0.25, 0.3) is 11.7 Å². The number of hydrogen-bond acceptors (Lipinski definition) is 16. The maximum atomic E-state index is 14.7. The van der Waals surface area contributed by atoms with E-state index in [0.29, 0.717) is 6.54 Å². The topological polar surface area (TPSA) is 237 Å². The number of aliphatic hydroxyl groups is 2. The van der Waals surface area contributed by atoms with Crippen molar-refractivity contribution in [2.24, 2.45) is 17.8 Å². The normalized spacial score (nSPS) is 27.4. The maximum Gasteiger partial charge on any atom is 0.312 e. The zero-order valence-electron chi connectivity index (χ0n) is 38.5. The van der Waals surface area contributed by atoms with Crippen LogP contribution in [0.2, 0.25) is 0 Å². The van der Waals surface area contributed by atoms with Crippen LogP contribution in [-0.2, 0) is 23.8 Å².